The van der Waals surface area contributed by atoms with Crippen LogP contribution in [-0.4, -0.2) is 32.0 Å². The van der Waals surface area contributed by atoms with Crippen molar-refractivity contribution >= 4 is 0 Å². The number of hydrogen-bond acceptors (Lipinski definition) is 4. The molecule has 1 spiro atoms. The highest BCUT2D eigenvalue weighted by atomic mass is 17.2. The van der Waals surface area contributed by atoms with Gasteiger partial charge in [0, 0.05) is 6.54 Å². The molecule has 2 fully saturated rings. The second-order valence-corrected chi connectivity index (χ2v) is 2.91. The molecule has 2 aliphatic heterocycles. The monoisotopic (exact) mass is 144 g/mol. The summed E-state index contributed by atoms with van der Waals surface area (Å²) in [5, 5.41) is 6.57. The molecule has 4 nitrogen and oxygen atoms in total. The molecular formula is C6H12N2O2. The van der Waals surface area contributed by atoms with E-state index < -0.39 is 0 Å². The summed E-state index contributed by atoms with van der Waals surface area (Å²) in [7, 11) is 0. The molecule has 2 heterocycles. The van der Waals surface area contributed by atoms with Crippen LogP contribution in [0.25, 0.3) is 0 Å². The summed E-state index contributed by atoms with van der Waals surface area (Å²) in [6.07, 6.45) is 1.14. The third-order valence-electron chi connectivity index (χ3n) is 2.17. The summed E-state index contributed by atoms with van der Waals surface area (Å²) in [6, 6.07) is 0. The Morgan fingerprint density at radius 3 is 2.90 bits per heavy atom. The first-order chi connectivity index (χ1) is 4.91. The summed E-state index contributed by atoms with van der Waals surface area (Å²) in [5.74, 6) is 0. The van der Waals surface area contributed by atoms with Gasteiger partial charge in [-0.2, -0.15) is 0 Å². The van der Waals surface area contributed by atoms with Gasteiger partial charge in [0.1, 0.15) is 13.3 Å². The molecule has 1 unspecified atom stereocenters. The van der Waals surface area contributed by atoms with Gasteiger partial charge in [0.05, 0.1) is 5.54 Å². The number of nitrogens with one attached hydrogen (secondary N) is 2. The fraction of sp³-hybridized carbons (Fsp3) is 1.00. The van der Waals surface area contributed by atoms with Gasteiger partial charge in [-0.25, -0.2) is 9.78 Å². The zero-order valence-electron chi connectivity index (χ0n) is 5.85. The molecule has 0 bridgehead atoms. The quantitative estimate of drug-likeness (QED) is 0.438. The van der Waals surface area contributed by atoms with E-state index in [1.807, 2.05) is 0 Å². The van der Waals surface area contributed by atoms with E-state index in [0.29, 0.717) is 13.3 Å². The van der Waals surface area contributed by atoms with Gasteiger partial charge in [-0.15, -0.1) is 0 Å². The lowest BCUT2D eigenvalue weighted by Gasteiger charge is -2.32. The van der Waals surface area contributed by atoms with Crippen LogP contribution in [0, 0.1) is 0 Å². The van der Waals surface area contributed by atoms with Gasteiger partial charge >= 0.3 is 0 Å². The average Bonchev–Trinajstić information content (AvgIpc) is 2.39. The van der Waals surface area contributed by atoms with Crippen LogP contribution >= 0.6 is 0 Å². The molecule has 2 N–H and O–H groups in total. The second kappa shape index (κ2) is 2.47. The lowest BCUT2D eigenvalue weighted by atomic mass is 10.0. The molecule has 0 aromatic rings. The Kier molecular flexibility index (Phi) is 1.61. The molecule has 0 radical (unpaired) electrons. The minimum Gasteiger partial charge on any atom is -0.315 e. The van der Waals surface area contributed by atoms with Crippen molar-refractivity contribution in [3.63, 3.8) is 0 Å². The van der Waals surface area contributed by atoms with Crippen molar-refractivity contribution in [2.75, 3.05) is 26.4 Å². The standard InChI is InChI=1S/C6H12N2O2/c1-2-7-3-6(1)4-9-10-5-8-6/h7-8H,1-5H2. The third kappa shape index (κ3) is 1.03. The van der Waals surface area contributed by atoms with Crippen LogP contribution in [0.3, 0.4) is 0 Å². The maximum Gasteiger partial charge on any atom is 0.133 e. The Bertz CT molecular complexity index is 115. The Labute approximate surface area is 59.8 Å². The van der Waals surface area contributed by atoms with Crippen LogP contribution in [0.15, 0.2) is 0 Å². The molecule has 0 aromatic carbocycles. The van der Waals surface area contributed by atoms with E-state index in [4.69, 9.17) is 9.78 Å². The summed E-state index contributed by atoms with van der Waals surface area (Å²) in [6.45, 7) is 3.26. The predicted molar refractivity (Wildman–Crippen MR) is 35.3 cm³/mol. The maximum absolute atomic E-state index is 4.90. The molecule has 2 aliphatic rings. The van der Waals surface area contributed by atoms with Crippen molar-refractivity contribution in [3.05, 3.63) is 0 Å². The molecule has 0 saturated carbocycles. The van der Waals surface area contributed by atoms with Crippen LogP contribution in [-0.2, 0) is 9.78 Å². The molecule has 4 heteroatoms. The largest absolute Gasteiger partial charge is 0.315 e. The van der Waals surface area contributed by atoms with Gasteiger partial charge in [-0.1, -0.05) is 0 Å². The van der Waals surface area contributed by atoms with Crippen LogP contribution in [0.2, 0.25) is 0 Å². The molecule has 2 saturated heterocycles. The van der Waals surface area contributed by atoms with Crippen molar-refractivity contribution in [1.82, 2.24) is 10.6 Å². The molecule has 0 aromatic heterocycles. The van der Waals surface area contributed by atoms with Crippen molar-refractivity contribution in [1.29, 1.82) is 0 Å². The highest BCUT2D eigenvalue weighted by Crippen LogP contribution is 2.17. The van der Waals surface area contributed by atoms with Crippen LogP contribution in [0.4, 0.5) is 0 Å². The molecule has 0 amide bonds. The van der Waals surface area contributed by atoms with E-state index >= 15 is 0 Å². The molecular weight excluding hydrogens is 132 g/mol. The lowest BCUT2D eigenvalue weighted by molar-refractivity contribution is -0.334. The SMILES string of the molecule is C1CC2(CN1)COOCN2. The second-order valence-electron chi connectivity index (χ2n) is 2.91. The fourth-order valence-corrected chi connectivity index (χ4v) is 1.45. The molecule has 10 heavy (non-hydrogen) atoms. The Morgan fingerprint density at radius 1 is 1.30 bits per heavy atom. The Morgan fingerprint density at radius 2 is 2.30 bits per heavy atom. The molecule has 1 atom stereocenters. The predicted octanol–water partition coefficient (Wildman–Crippen LogP) is -0.773. The summed E-state index contributed by atoms with van der Waals surface area (Å²) in [4.78, 5) is 9.62. The zero-order valence-corrected chi connectivity index (χ0v) is 5.85. The first-order valence-corrected chi connectivity index (χ1v) is 3.62. The summed E-state index contributed by atoms with van der Waals surface area (Å²) >= 11 is 0. The van der Waals surface area contributed by atoms with Gasteiger partial charge in [0.15, 0.2) is 0 Å². The Balaban J connectivity index is 1.98. The van der Waals surface area contributed by atoms with E-state index in [0.717, 1.165) is 19.5 Å². The van der Waals surface area contributed by atoms with E-state index in [2.05, 4.69) is 10.6 Å². The van der Waals surface area contributed by atoms with Gasteiger partial charge < -0.3 is 5.32 Å². The van der Waals surface area contributed by atoms with Gasteiger partial charge in [0.2, 0.25) is 0 Å². The van der Waals surface area contributed by atoms with E-state index in [1.54, 1.807) is 0 Å². The van der Waals surface area contributed by atoms with Crippen molar-refractivity contribution in [2.24, 2.45) is 0 Å². The van der Waals surface area contributed by atoms with Crippen molar-refractivity contribution < 1.29 is 9.78 Å². The maximum atomic E-state index is 4.90. The Hall–Kier alpha value is -0.160. The first kappa shape index (κ1) is 6.54. The van der Waals surface area contributed by atoms with Crippen molar-refractivity contribution in [3.8, 4) is 0 Å². The fourth-order valence-electron chi connectivity index (χ4n) is 1.45. The normalized spacial score (nSPS) is 40.8. The zero-order chi connectivity index (χ0) is 6.86. The third-order valence-corrected chi connectivity index (χ3v) is 2.17. The van der Waals surface area contributed by atoms with E-state index in [9.17, 15) is 0 Å². The van der Waals surface area contributed by atoms with Crippen LogP contribution in [0.5, 0.6) is 0 Å². The first-order valence-electron chi connectivity index (χ1n) is 3.62. The molecule has 58 valence electrons. The molecule has 0 aliphatic carbocycles. The van der Waals surface area contributed by atoms with Gasteiger partial charge in [0.25, 0.3) is 0 Å². The highest BCUT2D eigenvalue weighted by molar-refractivity contribution is 4.95. The lowest BCUT2D eigenvalue weighted by Crippen LogP contribution is -2.54. The molecule has 2 rings (SSSR count). The van der Waals surface area contributed by atoms with Crippen LogP contribution < -0.4 is 10.6 Å². The summed E-state index contributed by atoms with van der Waals surface area (Å²) in [5.41, 5.74) is 0.165. The van der Waals surface area contributed by atoms with E-state index in [1.165, 1.54) is 0 Å². The minimum absolute atomic E-state index is 0.165. The number of rotatable bonds is 0. The summed E-state index contributed by atoms with van der Waals surface area (Å²) < 4.78 is 0. The topological polar surface area (TPSA) is 42.5 Å². The van der Waals surface area contributed by atoms with E-state index in [-0.39, 0.29) is 5.54 Å². The average molecular weight is 144 g/mol. The van der Waals surface area contributed by atoms with Gasteiger partial charge in [-0.05, 0) is 13.0 Å². The smallest absolute Gasteiger partial charge is 0.133 e. The van der Waals surface area contributed by atoms with Crippen molar-refractivity contribution in [2.45, 2.75) is 12.0 Å². The van der Waals surface area contributed by atoms with Gasteiger partial charge in [-0.3, -0.25) is 5.32 Å². The highest BCUT2D eigenvalue weighted by Gasteiger charge is 2.36. The minimum atomic E-state index is 0.165. The number of hydrogen-bond donors (Lipinski definition) is 2. The van der Waals surface area contributed by atoms with Crippen LogP contribution in [0.1, 0.15) is 6.42 Å².